The van der Waals surface area contributed by atoms with Crippen molar-refractivity contribution in [3.05, 3.63) is 39.9 Å². The van der Waals surface area contributed by atoms with Gasteiger partial charge in [-0.25, -0.2) is 0 Å². The molecule has 0 aliphatic rings. The number of rotatable bonds is 7. The van der Waals surface area contributed by atoms with Crippen molar-refractivity contribution in [3.63, 3.8) is 0 Å². The van der Waals surface area contributed by atoms with Crippen LogP contribution in [0, 0.1) is 10.1 Å². The minimum absolute atomic E-state index is 0.112. The van der Waals surface area contributed by atoms with E-state index in [1.54, 1.807) is 23.9 Å². The van der Waals surface area contributed by atoms with Crippen LogP contribution in [0.15, 0.2) is 28.6 Å². The van der Waals surface area contributed by atoms with E-state index in [9.17, 15) is 10.1 Å². The number of benzene rings is 1. The van der Waals surface area contributed by atoms with Crippen LogP contribution in [0.4, 0.5) is 10.8 Å². The molecule has 1 aromatic heterocycles. The normalized spacial score (nSPS) is 10.4. The lowest BCUT2D eigenvalue weighted by atomic mass is 10.2. The summed E-state index contributed by atoms with van der Waals surface area (Å²) in [5.41, 5.74) is 1.14. The van der Waals surface area contributed by atoms with Crippen LogP contribution < -0.4 is 5.32 Å². The van der Waals surface area contributed by atoms with Gasteiger partial charge in [-0.15, -0.1) is 10.2 Å². The second-order valence-electron chi connectivity index (χ2n) is 4.01. The van der Waals surface area contributed by atoms with Crippen LogP contribution in [-0.2, 0) is 5.75 Å². The van der Waals surface area contributed by atoms with Gasteiger partial charge in [0.2, 0.25) is 5.13 Å². The average Bonchev–Trinajstić information content (AvgIpc) is 2.91. The molecule has 6 nitrogen and oxygen atoms in total. The van der Waals surface area contributed by atoms with Crippen LogP contribution in [0.2, 0.25) is 0 Å². The largest absolute Gasteiger partial charge is 0.360 e. The van der Waals surface area contributed by atoms with Gasteiger partial charge in [0.05, 0.1) is 4.92 Å². The number of thioether (sulfide) groups is 1. The molecule has 0 unspecified atom stereocenters. The van der Waals surface area contributed by atoms with Crippen LogP contribution in [0.25, 0.3) is 0 Å². The van der Waals surface area contributed by atoms with Gasteiger partial charge in [-0.05, 0) is 12.0 Å². The average molecular weight is 310 g/mol. The van der Waals surface area contributed by atoms with Gasteiger partial charge in [0.15, 0.2) is 4.34 Å². The monoisotopic (exact) mass is 310 g/mol. The molecule has 0 amide bonds. The Hall–Kier alpha value is -1.67. The molecule has 1 N–H and O–H groups in total. The number of hydrogen-bond donors (Lipinski definition) is 1. The van der Waals surface area contributed by atoms with E-state index >= 15 is 0 Å². The SMILES string of the molecule is CCCNc1nnc(SCc2ccc([N+](=O)[O-])cc2)s1. The molecular formula is C12H14N4O2S2. The first-order chi connectivity index (χ1) is 9.69. The summed E-state index contributed by atoms with van der Waals surface area (Å²) in [5.74, 6) is 0.723. The first kappa shape index (κ1) is 14.7. The minimum atomic E-state index is -0.395. The second kappa shape index (κ2) is 7.20. The fourth-order valence-corrected chi connectivity index (χ4v) is 3.16. The number of aromatic nitrogens is 2. The molecule has 0 fully saturated rings. The third-order valence-electron chi connectivity index (χ3n) is 2.44. The standard InChI is InChI=1S/C12H14N4O2S2/c1-2-7-13-11-14-15-12(20-11)19-8-9-3-5-10(6-4-9)16(17)18/h3-6H,2,7-8H2,1H3,(H,13,14). The molecule has 0 saturated carbocycles. The number of nitro groups is 1. The molecule has 0 saturated heterocycles. The lowest BCUT2D eigenvalue weighted by Gasteiger charge is -1.98. The zero-order valence-corrected chi connectivity index (χ0v) is 12.5. The Morgan fingerprint density at radius 2 is 2.10 bits per heavy atom. The van der Waals surface area contributed by atoms with E-state index in [1.165, 1.54) is 23.5 Å². The number of nitro benzene ring substituents is 1. The number of nitrogens with zero attached hydrogens (tertiary/aromatic N) is 3. The first-order valence-corrected chi connectivity index (χ1v) is 7.92. The molecule has 2 aromatic rings. The van der Waals surface area contributed by atoms with E-state index in [4.69, 9.17) is 0 Å². The number of non-ortho nitro benzene ring substituents is 1. The van der Waals surface area contributed by atoms with Crippen molar-refractivity contribution < 1.29 is 4.92 Å². The van der Waals surface area contributed by atoms with Gasteiger partial charge in [0, 0.05) is 24.4 Å². The Bertz CT molecular complexity index is 571. The van der Waals surface area contributed by atoms with Gasteiger partial charge in [-0.3, -0.25) is 10.1 Å². The van der Waals surface area contributed by atoms with Crippen molar-refractivity contribution in [3.8, 4) is 0 Å². The van der Waals surface area contributed by atoms with Crippen molar-refractivity contribution >= 4 is 33.9 Å². The third-order valence-corrected chi connectivity index (χ3v) is 4.53. The summed E-state index contributed by atoms with van der Waals surface area (Å²) >= 11 is 3.10. The van der Waals surface area contributed by atoms with Gasteiger partial charge < -0.3 is 5.32 Å². The molecule has 2 rings (SSSR count). The molecule has 106 valence electrons. The summed E-state index contributed by atoms with van der Waals surface area (Å²) in [6.07, 6.45) is 1.05. The molecule has 0 aliphatic carbocycles. The third kappa shape index (κ3) is 4.17. The predicted molar refractivity (Wildman–Crippen MR) is 81.3 cm³/mol. The zero-order chi connectivity index (χ0) is 14.4. The van der Waals surface area contributed by atoms with E-state index in [2.05, 4.69) is 22.4 Å². The maximum absolute atomic E-state index is 10.6. The fraction of sp³-hybridized carbons (Fsp3) is 0.333. The Morgan fingerprint density at radius 1 is 1.35 bits per heavy atom. The van der Waals surface area contributed by atoms with Crippen LogP contribution in [-0.4, -0.2) is 21.7 Å². The molecule has 0 radical (unpaired) electrons. The Morgan fingerprint density at radius 3 is 2.75 bits per heavy atom. The van der Waals surface area contributed by atoms with E-state index in [0.29, 0.717) is 0 Å². The van der Waals surface area contributed by atoms with Crippen LogP contribution >= 0.6 is 23.1 Å². The molecular weight excluding hydrogens is 296 g/mol. The van der Waals surface area contributed by atoms with Crippen LogP contribution in [0.5, 0.6) is 0 Å². The van der Waals surface area contributed by atoms with Gasteiger partial charge in [-0.1, -0.05) is 42.2 Å². The summed E-state index contributed by atoms with van der Waals surface area (Å²) in [5, 5.41) is 22.7. The maximum Gasteiger partial charge on any atom is 0.269 e. The number of nitrogens with one attached hydrogen (secondary N) is 1. The lowest BCUT2D eigenvalue weighted by molar-refractivity contribution is -0.384. The van der Waals surface area contributed by atoms with Crippen LogP contribution in [0.3, 0.4) is 0 Å². The summed E-state index contributed by atoms with van der Waals surface area (Å²) < 4.78 is 0.891. The minimum Gasteiger partial charge on any atom is -0.360 e. The van der Waals surface area contributed by atoms with Gasteiger partial charge >= 0.3 is 0 Å². The topological polar surface area (TPSA) is 81.0 Å². The van der Waals surface area contributed by atoms with Crippen molar-refractivity contribution in [1.82, 2.24) is 10.2 Å². The summed E-state index contributed by atoms with van der Waals surface area (Å²) in [6, 6.07) is 6.57. The van der Waals surface area contributed by atoms with Crippen molar-refractivity contribution in [1.29, 1.82) is 0 Å². The lowest BCUT2D eigenvalue weighted by Crippen LogP contribution is -1.98. The van der Waals surface area contributed by atoms with E-state index in [0.717, 1.165) is 33.8 Å². The van der Waals surface area contributed by atoms with Gasteiger partial charge in [0.25, 0.3) is 5.69 Å². The molecule has 0 aliphatic heterocycles. The van der Waals surface area contributed by atoms with E-state index in [1.807, 2.05) is 0 Å². The summed E-state index contributed by atoms with van der Waals surface area (Å²) in [4.78, 5) is 10.2. The van der Waals surface area contributed by atoms with E-state index < -0.39 is 4.92 Å². The van der Waals surface area contributed by atoms with Gasteiger partial charge in [0.1, 0.15) is 0 Å². The molecule has 20 heavy (non-hydrogen) atoms. The first-order valence-electron chi connectivity index (χ1n) is 6.12. The molecule has 1 aromatic carbocycles. The molecule has 0 bridgehead atoms. The smallest absolute Gasteiger partial charge is 0.269 e. The molecule has 0 atom stereocenters. The number of hydrogen-bond acceptors (Lipinski definition) is 7. The van der Waals surface area contributed by atoms with E-state index in [-0.39, 0.29) is 5.69 Å². The van der Waals surface area contributed by atoms with Crippen molar-refractivity contribution in [2.75, 3.05) is 11.9 Å². The maximum atomic E-state index is 10.6. The molecule has 8 heteroatoms. The fourth-order valence-electron chi connectivity index (χ4n) is 1.43. The highest BCUT2D eigenvalue weighted by Crippen LogP contribution is 2.28. The Kier molecular flexibility index (Phi) is 5.31. The summed E-state index contributed by atoms with van der Waals surface area (Å²) in [7, 11) is 0. The summed E-state index contributed by atoms with van der Waals surface area (Å²) in [6.45, 7) is 2.99. The highest BCUT2D eigenvalue weighted by atomic mass is 32.2. The quantitative estimate of drug-likeness (QED) is 0.478. The van der Waals surface area contributed by atoms with Crippen molar-refractivity contribution in [2.24, 2.45) is 0 Å². The second-order valence-corrected chi connectivity index (χ2v) is 6.21. The predicted octanol–water partition coefficient (Wildman–Crippen LogP) is 3.56. The number of anilines is 1. The Balaban J connectivity index is 1.88. The molecule has 0 spiro atoms. The highest BCUT2D eigenvalue weighted by molar-refractivity contribution is 8.00. The molecule has 1 heterocycles. The van der Waals surface area contributed by atoms with Crippen LogP contribution in [0.1, 0.15) is 18.9 Å². The highest BCUT2D eigenvalue weighted by Gasteiger charge is 2.07. The Labute approximate surface area is 124 Å². The van der Waals surface area contributed by atoms with Gasteiger partial charge in [-0.2, -0.15) is 0 Å². The zero-order valence-electron chi connectivity index (χ0n) is 10.9. The van der Waals surface area contributed by atoms with Crippen molar-refractivity contribution in [2.45, 2.75) is 23.4 Å².